The average molecular weight is 251 g/mol. The highest BCUT2D eigenvalue weighted by atomic mass is 16.4. The summed E-state index contributed by atoms with van der Waals surface area (Å²) in [7, 11) is 0. The molecule has 0 saturated heterocycles. The molecule has 1 atom stereocenters. The van der Waals surface area contributed by atoms with Crippen molar-refractivity contribution in [3.63, 3.8) is 0 Å². The van der Waals surface area contributed by atoms with Crippen molar-refractivity contribution in [3.8, 4) is 0 Å². The van der Waals surface area contributed by atoms with E-state index in [1.54, 1.807) is 12.1 Å². The number of nitrogens with zero attached hydrogens (tertiary/aromatic N) is 1. The van der Waals surface area contributed by atoms with Crippen molar-refractivity contribution in [2.24, 2.45) is 11.7 Å². The number of amides is 1. The van der Waals surface area contributed by atoms with E-state index in [9.17, 15) is 9.59 Å². The maximum absolute atomic E-state index is 10.9. The van der Waals surface area contributed by atoms with Crippen molar-refractivity contribution in [1.29, 1.82) is 0 Å². The van der Waals surface area contributed by atoms with E-state index in [1.165, 1.54) is 6.20 Å². The van der Waals surface area contributed by atoms with E-state index in [2.05, 4.69) is 10.3 Å². The Labute approximate surface area is 105 Å². The summed E-state index contributed by atoms with van der Waals surface area (Å²) >= 11 is 0. The number of aromatic nitrogens is 1. The van der Waals surface area contributed by atoms with E-state index in [-0.39, 0.29) is 18.0 Å². The van der Waals surface area contributed by atoms with Gasteiger partial charge in [0.1, 0.15) is 5.69 Å². The monoisotopic (exact) mass is 251 g/mol. The van der Waals surface area contributed by atoms with Crippen LogP contribution in [0, 0.1) is 5.92 Å². The zero-order valence-corrected chi connectivity index (χ0v) is 10.2. The van der Waals surface area contributed by atoms with Crippen LogP contribution in [0.3, 0.4) is 0 Å². The molecule has 1 amide bonds. The van der Waals surface area contributed by atoms with Gasteiger partial charge in [-0.1, -0.05) is 6.92 Å². The zero-order chi connectivity index (χ0) is 13.5. The lowest BCUT2D eigenvalue weighted by Gasteiger charge is -2.12. The van der Waals surface area contributed by atoms with Gasteiger partial charge in [-0.15, -0.1) is 0 Å². The fourth-order valence-electron chi connectivity index (χ4n) is 1.44. The van der Waals surface area contributed by atoms with E-state index >= 15 is 0 Å². The van der Waals surface area contributed by atoms with E-state index < -0.39 is 11.9 Å². The standard InChI is InChI=1S/C12H17N3O3/c1-8(2-3-11(16)17)7-15-9-4-5-14-10(6-9)12(13)18/h4-6,8H,2-3,7H2,1H3,(H2,13,18)(H,14,15)(H,16,17). The highest BCUT2D eigenvalue weighted by Crippen LogP contribution is 2.11. The average Bonchev–Trinajstić information content (AvgIpc) is 2.34. The maximum atomic E-state index is 10.9. The van der Waals surface area contributed by atoms with Crippen molar-refractivity contribution in [2.45, 2.75) is 19.8 Å². The van der Waals surface area contributed by atoms with Gasteiger partial charge in [-0.3, -0.25) is 14.6 Å². The van der Waals surface area contributed by atoms with E-state index in [4.69, 9.17) is 10.8 Å². The Balaban J connectivity index is 2.45. The van der Waals surface area contributed by atoms with Crippen LogP contribution in [0.2, 0.25) is 0 Å². The van der Waals surface area contributed by atoms with Crippen molar-refractivity contribution in [2.75, 3.05) is 11.9 Å². The first-order valence-corrected chi connectivity index (χ1v) is 5.70. The van der Waals surface area contributed by atoms with Crippen LogP contribution < -0.4 is 11.1 Å². The number of nitrogens with two attached hydrogens (primary N) is 1. The molecule has 0 aliphatic rings. The molecule has 1 rings (SSSR count). The van der Waals surface area contributed by atoms with Gasteiger partial charge < -0.3 is 16.2 Å². The molecular weight excluding hydrogens is 234 g/mol. The number of anilines is 1. The van der Waals surface area contributed by atoms with E-state index in [0.717, 1.165) is 5.69 Å². The quantitative estimate of drug-likeness (QED) is 0.672. The van der Waals surface area contributed by atoms with Crippen LogP contribution in [0.5, 0.6) is 0 Å². The summed E-state index contributed by atoms with van der Waals surface area (Å²) < 4.78 is 0. The van der Waals surface area contributed by atoms with Gasteiger partial charge in [-0.05, 0) is 24.5 Å². The summed E-state index contributed by atoms with van der Waals surface area (Å²) in [6, 6.07) is 3.31. The first-order valence-electron chi connectivity index (χ1n) is 5.70. The summed E-state index contributed by atoms with van der Waals surface area (Å²) in [5, 5.41) is 11.7. The van der Waals surface area contributed by atoms with Gasteiger partial charge in [0.2, 0.25) is 0 Å². The number of pyridine rings is 1. The molecule has 0 aliphatic carbocycles. The number of hydrogen-bond donors (Lipinski definition) is 3. The number of carboxylic acids is 1. The molecule has 0 saturated carbocycles. The van der Waals surface area contributed by atoms with Crippen LogP contribution in [0.4, 0.5) is 5.69 Å². The number of carbonyl (C=O) groups excluding carboxylic acids is 1. The topological polar surface area (TPSA) is 105 Å². The van der Waals surface area contributed by atoms with Gasteiger partial charge in [-0.25, -0.2) is 0 Å². The molecule has 1 aromatic rings. The number of carboxylic acid groups (broad SMARTS) is 1. The van der Waals surface area contributed by atoms with Gasteiger partial charge in [-0.2, -0.15) is 0 Å². The molecule has 1 heterocycles. The minimum Gasteiger partial charge on any atom is -0.481 e. The first-order chi connectivity index (χ1) is 8.49. The Bertz CT molecular complexity index is 434. The first kappa shape index (κ1) is 14.0. The van der Waals surface area contributed by atoms with Crippen LogP contribution >= 0.6 is 0 Å². The van der Waals surface area contributed by atoms with Crippen molar-refractivity contribution in [1.82, 2.24) is 4.98 Å². The van der Waals surface area contributed by atoms with Crippen LogP contribution in [0.25, 0.3) is 0 Å². The number of aliphatic carboxylic acids is 1. The molecule has 0 aliphatic heterocycles. The van der Waals surface area contributed by atoms with Gasteiger partial charge in [0.05, 0.1) is 0 Å². The summed E-state index contributed by atoms with van der Waals surface area (Å²) in [6.45, 7) is 2.60. The predicted octanol–water partition coefficient (Wildman–Crippen LogP) is 1.09. The number of nitrogens with one attached hydrogen (secondary N) is 1. The number of hydrogen-bond acceptors (Lipinski definition) is 4. The Morgan fingerprint density at radius 2 is 2.28 bits per heavy atom. The highest BCUT2D eigenvalue weighted by Gasteiger charge is 2.06. The Morgan fingerprint density at radius 1 is 1.56 bits per heavy atom. The Hall–Kier alpha value is -2.11. The lowest BCUT2D eigenvalue weighted by Crippen LogP contribution is -2.15. The van der Waals surface area contributed by atoms with Gasteiger partial charge in [0.25, 0.3) is 5.91 Å². The molecule has 18 heavy (non-hydrogen) atoms. The molecule has 6 nitrogen and oxygen atoms in total. The van der Waals surface area contributed by atoms with Crippen LogP contribution in [0.15, 0.2) is 18.3 Å². The van der Waals surface area contributed by atoms with Crippen LogP contribution in [-0.2, 0) is 4.79 Å². The molecule has 0 radical (unpaired) electrons. The lowest BCUT2D eigenvalue weighted by molar-refractivity contribution is -0.137. The second kappa shape index (κ2) is 6.58. The largest absolute Gasteiger partial charge is 0.481 e. The third-order valence-electron chi connectivity index (χ3n) is 2.52. The molecule has 0 aromatic carbocycles. The number of primary amides is 1. The summed E-state index contributed by atoms with van der Waals surface area (Å²) in [5.41, 5.74) is 6.08. The van der Waals surface area contributed by atoms with Crippen molar-refractivity contribution in [3.05, 3.63) is 24.0 Å². The molecule has 1 aromatic heterocycles. The maximum Gasteiger partial charge on any atom is 0.303 e. The third-order valence-corrected chi connectivity index (χ3v) is 2.52. The minimum absolute atomic E-state index is 0.158. The molecule has 4 N–H and O–H groups in total. The lowest BCUT2D eigenvalue weighted by atomic mass is 10.1. The van der Waals surface area contributed by atoms with Crippen molar-refractivity contribution >= 4 is 17.6 Å². The third kappa shape index (κ3) is 4.82. The van der Waals surface area contributed by atoms with E-state index in [0.29, 0.717) is 13.0 Å². The Kier molecular flexibility index (Phi) is 5.10. The van der Waals surface area contributed by atoms with Gasteiger partial charge >= 0.3 is 5.97 Å². The SMILES string of the molecule is CC(CCC(=O)O)CNc1ccnc(C(N)=O)c1. The fraction of sp³-hybridized carbons (Fsp3) is 0.417. The van der Waals surface area contributed by atoms with Gasteiger partial charge in [0, 0.05) is 24.8 Å². The normalized spacial score (nSPS) is 11.8. The zero-order valence-electron chi connectivity index (χ0n) is 10.2. The molecular formula is C12H17N3O3. The van der Waals surface area contributed by atoms with Gasteiger partial charge in [0.15, 0.2) is 0 Å². The summed E-state index contributed by atoms with van der Waals surface area (Å²) in [6.07, 6.45) is 2.27. The molecule has 98 valence electrons. The molecule has 0 fully saturated rings. The van der Waals surface area contributed by atoms with Crippen LogP contribution in [0.1, 0.15) is 30.3 Å². The summed E-state index contributed by atoms with van der Waals surface area (Å²) in [4.78, 5) is 25.2. The molecule has 1 unspecified atom stereocenters. The molecule has 0 spiro atoms. The molecule has 6 heteroatoms. The number of rotatable bonds is 7. The number of carbonyl (C=O) groups is 2. The van der Waals surface area contributed by atoms with Crippen molar-refractivity contribution < 1.29 is 14.7 Å². The second-order valence-corrected chi connectivity index (χ2v) is 4.21. The minimum atomic E-state index is -0.790. The summed E-state index contributed by atoms with van der Waals surface area (Å²) in [5.74, 6) is -1.13. The Morgan fingerprint density at radius 3 is 2.89 bits per heavy atom. The smallest absolute Gasteiger partial charge is 0.303 e. The fourth-order valence-corrected chi connectivity index (χ4v) is 1.44. The molecule has 0 bridgehead atoms. The second-order valence-electron chi connectivity index (χ2n) is 4.21. The highest BCUT2D eigenvalue weighted by molar-refractivity contribution is 5.91. The van der Waals surface area contributed by atoms with Crippen LogP contribution in [-0.4, -0.2) is 28.5 Å². The van der Waals surface area contributed by atoms with E-state index in [1.807, 2.05) is 6.92 Å². The predicted molar refractivity (Wildman–Crippen MR) is 67.3 cm³/mol.